The van der Waals surface area contributed by atoms with Gasteiger partial charge in [-0.05, 0) is 91.5 Å². The number of rotatable bonds is 5. The fourth-order valence-corrected chi connectivity index (χ4v) is 6.76. The molecule has 0 aliphatic heterocycles. The van der Waals surface area contributed by atoms with Gasteiger partial charge < -0.3 is 10.6 Å². The van der Waals surface area contributed by atoms with E-state index < -0.39 is 5.41 Å². The van der Waals surface area contributed by atoms with Gasteiger partial charge in [0.15, 0.2) is 0 Å². The topological polar surface area (TPSA) is 66.9 Å². The minimum absolute atomic E-state index is 0.0434. The molecule has 1 saturated carbocycles. The van der Waals surface area contributed by atoms with Crippen molar-refractivity contribution in [3.63, 3.8) is 0 Å². The number of hydrogen-bond acceptors (Lipinski definition) is 4. The van der Waals surface area contributed by atoms with E-state index in [9.17, 15) is 9.18 Å². The summed E-state index contributed by atoms with van der Waals surface area (Å²) in [6.07, 6.45) is 11.6. The van der Waals surface area contributed by atoms with Gasteiger partial charge in [0.25, 0.3) is 0 Å². The molecule has 2 N–H and O–H groups in total. The largest absolute Gasteiger partial charge is 0.340 e. The summed E-state index contributed by atoms with van der Waals surface area (Å²) >= 11 is 0. The smallest absolute Gasteiger partial charge is 0.231 e. The fourth-order valence-electron chi connectivity index (χ4n) is 6.76. The lowest BCUT2D eigenvalue weighted by Gasteiger charge is -2.53. The standard InChI is InChI=1S/C30H37FN4O/c1-18(2)20-5-11-24-21(15-20)6-12-25-28(24)19(3)13-14-30(25,4)29(36)35-27-16-26(32-17-33-27)34-23-9-7-22(31)8-10-23/h6-10,15-19,24-25,28H,5,11-14H2,1-4H3,(H2,32,33,34,35,36)/t19-,24-,25+,28+,30+/m0/s1. The first-order chi connectivity index (χ1) is 17.2. The van der Waals surface area contributed by atoms with E-state index in [-0.39, 0.29) is 11.7 Å². The van der Waals surface area contributed by atoms with Gasteiger partial charge in [0.05, 0.1) is 5.41 Å². The maximum atomic E-state index is 13.8. The molecule has 3 aliphatic rings. The van der Waals surface area contributed by atoms with Crippen LogP contribution in [0.5, 0.6) is 0 Å². The van der Waals surface area contributed by atoms with Crippen LogP contribution in [0.3, 0.4) is 0 Å². The number of amides is 1. The molecule has 0 bridgehead atoms. The highest BCUT2D eigenvalue weighted by Crippen LogP contribution is 2.57. The lowest BCUT2D eigenvalue weighted by molar-refractivity contribution is -0.134. The van der Waals surface area contributed by atoms with E-state index in [4.69, 9.17) is 0 Å². The summed E-state index contributed by atoms with van der Waals surface area (Å²) in [5, 5.41) is 6.25. The van der Waals surface area contributed by atoms with Gasteiger partial charge >= 0.3 is 0 Å². The molecule has 1 aromatic carbocycles. The van der Waals surface area contributed by atoms with Crippen LogP contribution in [0, 0.1) is 40.8 Å². The number of carbonyl (C=O) groups excluding carboxylic acids is 1. The SMILES string of the molecule is CC(C)C1=CC2=CC[C@@H]3[C@H]([C@@H](C)CC[C@@]3(C)C(=O)Nc3cc(Nc4ccc(F)cc4)ncn3)[C@H]2CC1. The monoisotopic (exact) mass is 488 g/mol. The van der Waals surface area contributed by atoms with E-state index in [2.05, 4.69) is 60.4 Å². The summed E-state index contributed by atoms with van der Waals surface area (Å²) in [5.41, 5.74) is 3.34. The molecule has 190 valence electrons. The minimum atomic E-state index is -0.448. The average Bonchev–Trinajstić information content (AvgIpc) is 2.87. The highest BCUT2D eigenvalue weighted by atomic mass is 19.1. The van der Waals surface area contributed by atoms with Crippen molar-refractivity contribution in [2.45, 2.75) is 59.8 Å². The number of nitrogens with one attached hydrogen (secondary N) is 2. The predicted molar refractivity (Wildman–Crippen MR) is 142 cm³/mol. The van der Waals surface area contributed by atoms with Gasteiger partial charge in [-0.3, -0.25) is 4.79 Å². The number of hydrogen-bond donors (Lipinski definition) is 2. The van der Waals surface area contributed by atoms with E-state index in [1.54, 1.807) is 23.8 Å². The fraction of sp³-hybridized carbons (Fsp3) is 0.500. The Bertz CT molecular complexity index is 1190. The molecule has 5 atom stereocenters. The summed E-state index contributed by atoms with van der Waals surface area (Å²) < 4.78 is 13.2. The first-order valence-electron chi connectivity index (χ1n) is 13.3. The molecular weight excluding hydrogens is 451 g/mol. The zero-order valence-electron chi connectivity index (χ0n) is 21.7. The summed E-state index contributed by atoms with van der Waals surface area (Å²) in [7, 11) is 0. The minimum Gasteiger partial charge on any atom is -0.340 e. The molecule has 1 aromatic heterocycles. The van der Waals surface area contributed by atoms with E-state index in [0.717, 1.165) is 24.9 Å². The van der Waals surface area contributed by atoms with Gasteiger partial charge in [-0.25, -0.2) is 14.4 Å². The lowest BCUT2D eigenvalue weighted by Crippen LogP contribution is -2.51. The quantitative estimate of drug-likeness (QED) is 0.464. The molecule has 0 saturated heterocycles. The molecule has 1 heterocycles. The zero-order chi connectivity index (χ0) is 25.4. The van der Waals surface area contributed by atoms with Crippen molar-refractivity contribution in [3.05, 3.63) is 65.8 Å². The van der Waals surface area contributed by atoms with Gasteiger partial charge in [-0.15, -0.1) is 0 Å². The van der Waals surface area contributed by atoms with Crippen LogP contribution in [-0.2, 0) is 4.79 Å². The maximum absolute atomic E-state index is 13.8. The highest BCUT2D eigenvalue weighted by molar-refractivity contribution is 5.95. The molecule has 2 aromatic rings. The van der Waals surface area contributed by atoms with E-state index >= 15 is 0 Å². The number of fused-ring (bicyclic) bond motifs is 3. The van der Waals surface area contributed by atoms with E-state index in [0.29, 0.717) is 41.2 Å². The second kappa shape index (κ2) is 9.79. The Kier molecular flexibility index (Phi) is 6.71. The Hall–Kier alpha value is -3.02. The maximum Gasteiger partial charge on any atom is 0.231 e. The summed E-state index contributed by atoms with van der Waals surface area (Å²) in [4.78, 5) is 22.4. The third-order valence-electron chi connectivity index (χ3n) is 8.94. The van der Waals surface area contributed by atoms with Crippen molar-refractivity contribution >= 4 is 23.2 Å². The second-order valence-corrected chi connectivity index (χ2v) is 11.5. The van der Waals surface area contributed by atoms with Crippen LogP contribution >= 0.6 is 0 Å². The van der Waals surface area contributed by atoms with Crippen molar-refractivity contribution in [1.82, 2.24) is 9.97 Å². The summed E-state index contributed by atoms with van der Waals surface area (Å²) in [6.45, 7) is 9.12. The molecule has 0 unspecified atom stereocenters. The van der Waals surface area contributed by atoms with Gasteiger partial charge in [0.1, 0.15) is 23.8 Å². The third-order valence-corrected chi connectivity index (χ3v) is 8.94. The molecule has 5 nitrogen and oxygen atoms in total. The van der Waals surface area contributed by atoms with Gasteiger partial charge in [-0.2, -0.15) is 0 Å². The number of benzene rings is 1. The summed E-state index contributed by atoms with van der Waals surface area (Å²) in [5.74, 6) is 3.39. The molecule has 1 fully saturated rings. The predicted octanol–water partition coefficient (Wildman–Crippen LogP) is 7.29. The van der Waals surface area contributed by atoms with E-state index in [1.807, 2.05) is 0 Å². The molecule has 0 spiro atoms. The van der Waals surface area contributed by atoms with Crippen molar-refractivity contribution < 1.29 is 9.18 Å². The Labute approximate surface area is 213 Å². The number of allylic oxidation sites excluding steroid dienone is 4. The Balaban J connectivity index is 1.35. The Morgan fingerprint density at radius 3 is 2.64 bits per heavy atom. The first-order valence-corrected chi connectivity index (χ1v) is 13.3. The van der Waals surface area contributed by atoms with Crippen LogP contribution < -0.4 is 10.6 Å². The van der Waals surface area contributed by atoms with Crippen LogP contribution in [0.2, 0.25) is 0 Å². The number of carbonyl (C=O) groups is 1. The molecule has 0 radical (unpaired) electrons. The van der Waals surface area contributed by atoms with Crippen LogP contribution in [-0.4, -0.2) is 15.9 Å². The molecule has 5 rings (SSSR count). The molecular formula is C30H37FN4O. The first kappa shape index (κ1) is 24.7. The van der Waals surface area contributed by atoms with Gasteiger partial charge in [-0.1, -0.05) is 45.4 Å². The molecule has 36 heavy (non-hydrogen) atoms. The van der Waals surface area contributed by atoms with Crippen LogP contribution in [0.15, 0.2) is 60.0 Å². The average molecular weight is 489 g/mol. The van der Waals surface area contributed by atoms with Crippen molar-refractivity contribution in [1.29, 1.82) is 0 Å². The van der Waals surface area contributed by atoms with Crippen LogP contribution in [0.1, 0.15) is 59.8 Å². The van der Waals surface area contributed by atoms with Crippen LogP contribution in [0.4, 0.5) is 21.7 Å². The van der Waals surface area contributed by atoms with Crippen molar-refractivity contribution in [2.24, 2.45) is 35.0 Å². The lowest BCUT2D eigenvalue weighted by atomic mass is 9.51. The Morgan fingerprint density at radius 2 is 1.89 bits per heavy atom. The Morgan fingerprint density at radius 1 is 1.14 bits per heavy atom. The number of anilines is 3. The zero-order valence-corrected chi connectivity index (χ0v) is 21.7. The molecule has 3 aliphatic carbocycles. The number of nitrogens with zero attached hydrogens (tertiary/aromatic N) is 2. The number of halogens is 1. The normalized spacial score (nSPS) is 29.5. The molecule has 1 amide bonds. The van der Waals surface area contributed by atoms with Crippen molar-refractivity contribution in [3.8, 4) is 0 Å². The summed E-state index contributed by atoms with van der Waals surface area (Å²) in [6, 6.07) is 7.81. The third kappa shape index (κ3) is 4.70. The molecule has 6 heteroatoms. The van der Waals surface area contributed by atoms with Gasteiger partial charge in [0.2, 0.25) is 5.91 Å². The van der Waals surface area contributed by atoms with Crippen LogP contribution in [0.25, 0.3) is 0 Å². The van der Waals surface area contributed by atoms with Gasteiger partial charge in [0, 0.05) is 11.8 Å². The second-order valence-electron chi connectivity index (χ2n) is 11.5. The highest BCUT2D eigenvalue weighted by Gasteiger charge is 2.53. The van der Waals surface area contributed by atoms with E-state index in [1.165, 1.54) is 36.9 Å². The van der Waals surface area contributed by atoms with Crippen molar-refractivity contribution in [2.75, 3.05) is 10.6 Å². The number of aromatic nitrogens is 2.